The predicted octanol–water partition coefficient (Wildman–Crippen LogP) is 3.32. The number of fused-ring (bicyclic) bond motifs is 1. The van der Waals surface area contributed by atoms with E-state index in [1.165, 1.54) is 23.1 Å². The summed E-state index contributed by atoms with van der Waals surface area (Å²) in [6.45, 7) is 2.15. The molecule has 2 unspecified atom stereocenters. The second-order valence-electron chi connectivity index (χ2n) is 6.15. The van der Waals surface area contributed by atoms with Crippen molar-refractivity contribution in [3.05, 3.63) is 65.0 Å². The van der Waals surface area contributed by atoms with Crippen molar-refractivity contribution in [3.8, 4) is 0 Å². The normalized spacial score (nSPS) is 19.0. The molecule has 110 valence electrons. The maximum atomic E-state index is 6.47. The van der Waals surface area contributed by atoms with Crippen LogP contribution in [0, 0.1) is 5.92 Å². The Balaban J connectivity index is 1.64. The summed E-state index contributed by atoms with van der Waals surface area (Å²) in [4.78, 5) is 4.55. The lowest BCUT2D eigenvalue weighted by molar-refractivity contribution is 0.370. The van der Waals surface area contributed by atoms with Crippen LogP contribution in [0.1, 0.15) is 35.7 Å². The number of hydrogen-bond acceptors (Lipinski definition) is 2. The van der Waals surface area contributed by atoms with Gasteiger partial charge in [0, 0.05) is 24.4 Å². The van der Waals surface area contributed by atoms with Gasteiger partial charge in [-0.2, -0.15) is 0 Å². The largest absolute Gasteiger partial charge is 0.327 e. The zero-order chi connectivity index (χ0) is 14.7. The van der Waals surface area contributed by atoms with Gasteiger partial charge < -0.3 is 5.73 Å². The first kappa shape index (κ1) is 14.3. The molecule has 0 radical (unpaired) electrons. The van der Waals surface area contributed by atoms with Crippen LogP contribution in [0.25, 0.3) is 0 Å². The second-order valence-corrected chi connectivity index (χ2v) is 6.15. The van der Waals surface area contributed by atoms with E-state index >= 15 is 0 Å². The molecule has 1 heterocycles. The third kappa shape index (κ3) is 3.33. The summed E-state index contributed by atoms with van der Waals surface area (Å²) < 4.78 is 0. The van der Waals surface area contributed by atoms with E-state index in [1.54, 1.807) is 0 Å². The van der Waals surface area contributed by atoms with E-state index in [2.05, 4.69) is 48.3 Å². The molecule has 3 rings (SSSR count). The smallest absolute Gasteiger partial charge is 0.0419 e. The Labute approximate surface area is 127 Å². The van der Waals surface area contributed by atoms with E-state index in [9.17, 15) is 0 Å². The van der Waals surface area contributed by atoms with Crippen LogP contribution in [0.5, 0.6) is 0 Å². The molecule has 0 fully saturated rings. The van der Waals surface area contributed by atoms with Crippen LogP contribution in [-0.2, 0) is 25.7 Å². The molecule has 0 bridgehead atoms. The highest BCUT2D eigenvalue weighted by Crippen LogP contribution is 2.27. The minimum atomic E-state index is 0.207. The van der Waals surface area contributed by atoms with Gasteiger partial charge in [0.15, 0.2) is 0 Å². The number of nitrogens with zero attached hydrogens (tertiary/aromatic N) is 1. The fourth-order valence-electron chi connectivity index (χ4n) is 3.28. The van der Waals surface area contributed by atoms with Crippen LogP contribution in [0.2, 0.25) is 0 Å². The van der Waals surface area contributed by atoms with Crippen molar-refractivity contribution >= 4 is 0 Å². The number of rotatable bonds is 4. The van der Waals surface area contributed by atoms with E-state index in [0.717, 1.165) is 31.4 Å². The highest BCUT2D eigenvalue weighted by Gasteiger charge is 2.24. The Morgan fingerprint density at radius 3 is 2.71 bits per heavy atom. The SMILES string of the molecule is CCc1ccc(CC(N)C2CCc3ccccc3C2)nc1. The van der Waals surface area contributed by atoms with Gasteiger partial charge in [-0.1, -0.05) is 37.3 Å². The van der Waals surface area contributed by atoms with Crippen LogP contribution < -0.4 is 5.73 Å². The molecule has 0 spiro atoms. The van der Waals surface area contributed by atoms with Gasteiger partial charge in [-0.3, -0.25) is 4.98 Å². The summed E-state index contributed by atoms with van der Waals surface area (Å²) in [5, 5.41) is 0. The van der Waals surface area contributed by atoms with E-state index in [0.29, 0.717) is 5.92 Å². The highest BCUT2D eigenvalue weighted by atomic mass is 14.7. The summed E-state index contributed by atoms with van der Waals surface area (Å²) in [7, 11) is 0. The summed E-state index contributed by atoms with van der Waals surface area (Å²) >= 11 is 0. The average molecular weight is 280 g/mol. The lowest BCUT2D eigenvalue weighted by Gasteiger charge is -2.29. The van der Waals surface area contributed by atoms with E-state index in [1.807, 2.05) is 6.20 Å². The van der Waals surface area contributed by atoms with Crippen LogP contribution in [0.15, 0.2) is 42.6 Å². The van der Waals surface area contributed by atoms with Crippen molar-refractivity contribution in [2.24, 2.45) is 11.7 Å². The van der Waals surface area contributed by atoms with Crippen LogP contribution >= 0.6 is 0 Å². The molecule has 0 amide bonds. The molecule has 2 heteroatoms. The Morgan fingerprint density at radius 2 is 2.00 bits per heavy atom. The van der Waals surface area contributed by atoms with E-state index in [4.69, 9.17) is 5.73 Å². The molecule has 0 aliphatic heterocycles. The number of pyridine rings is 1. The number of aryl methyl sites for hydroxylation is 2. The Hall–Kier alpha value is -1.67. The maximum absolute atomic E-state index is 6.47. The standard InChI is InChI=1S/C19H24N2/c1-2-14-7-10-18(21-13-14)12-19(20)17-9-8-15-5-3-4-6-16(15)11-17/h3-7,10,13,17,19H,2,8-9,11-12,20H2,1H3. The first-order valence-electron chi connectivity index (χ1n) is 8.02. The van der Waals surface area contributed by atoms with Gasteiger partial charge in [0.25, 0.3) is 0 Å². The average Bonchev–Trinajstić information content (AvgIpc) is 2.55. The minimum Gasteiger partial charge on any atom is -0.327 e. The van der Waals surface area contributed by atoms with E-state index < -0.39 is 0 Å². The molecule has 21 heavy (non-hydrogen) atoms. The van der Waals surface area contributed by atoms with Crippen molar-refractivity contribution in [2.45, 2.75) is 45.1 Å². The van der Waals surface area contributed by atoms with Gasteiger partial charge in [0.2, 0.25) is 0 Å². The van der Waals surface area contributed by atoms with Crippen LogP contribution in [0.3, 0.4) is 0 Å². The summed E-state index contributed by atoms with van der Waals surface area (Å²) in [6, 6.07) is 13.3. The lowest BCUT2D eigenvalue weighted by atomic mass is 9.79. The second kappa shape index (κ2) is 6.40. The first-order valence-corrected chi connectivity index (χ1v) is 8.02. The molecule has 1 aromatic heterocycles. The number of aromatic nitrogens is 1. The molecule has 2 aromatic rings. The summed E-state index contributed by atoms with van der Waals surface area (Å²) in [5.41, 5.74) is 11.9. The van der Waals surface area contributed by atoms with Gasteiger partial charge >= 0.3 is 0 Å². The zero-order valence-corrected chi connectivity index (χ0v) is 12.8. The molecule has 0 saturated heterocycles. The zero-order valence-electron chi connectivity index (χ0n) is 12.8. The Bertz CT molecular complexity index is 589. The van der Waals surface area contributed by atoms with Gasteiger partial charge in [0.1, 0.15) is 0 Å². The Kier molecular flexibility index (Phi) is 4.35. The highest BCUT2D eigenvalue weighted by molar-refractivity contribution is 5.30. The fourth-order valence-corrected chi connectivity index (χ4v) is 3.28. The molecule has 2 nitrogen and oxygen atoms in total. The summed E-state index contributed by atoms with van der Waals surface area (Å²) in [6.07, 6.45) is 7.39. The molecular weight excluding hydrogens is 256 g/mol. The molecule has 1 aromatic carbocycles. The number of hydrogen-bond donors (Lipinski definition) is 1. The Morgan fingerprint density at radius 1 is 1.19 bits per heavy atom. The summed E-state index contributed by atoms with van der Waals surface area (Å²) in [5.74, 6) is 0.576. The van der Waals surface area contributed by atoms with Gasteiger partial charge in [-0.15, -0.1) is 0 Å². The van der Waals surface area contributed by atoms with Crippen molar-refractivity contribution in [3.63, 3.8) is 0 Å². The van der Waals surface area contributed by atoms with Gasteiger partial charge in [-0.25, -0.2) is 0 Å². The van der Waals surface area contributed by atoms with Gasteiger partial charge in [-0.05, 0) is 54.4 Å². The van der Waals surface area contributed by atoms with E-state index in [-0.39, 0.29) is 6.04 Å². The molecule has 0 saturated carbocycles. The van der Waals surface area contributed by atoms with Crippen molar-refractivity contribution in [1.29, 1.82) is 0 Å². The third-order valence-corrected chi connectivity index (χ3v) is 4.73. The maximum Gasteiger partial charge on any atom is 0.0419 e. The molecule has 1 aliphatic rings. The van der Waals surface area contributed by atoms with Crippen LogP contribution in [-0.4, -0.2) is 11.0 Å². The monoisotopic (exact) mass is 280 g/mol. The molecule has 1 aliphatic carbocycles. The number of nitrogens with two attached hydrogens (primary N) is 1. The van der Waals surface area contributed by atoms with Crippen LogP contribution in [0.4, 0.5) is 0 Å². The molecule has 2 N–H and O–H groups in total. The topological polar surface area (TPSA) is 38.9 Å². The number of benzene rings is 1. The third-order valence-electron chi connectivity index (χ3n) is 4.73. The van der Waals surface area contributed by atoms with Crippen molar-refractivity contribution < 1.29 is 0 Å². The molecular formula is C19H24N2. The van der Waals surface area contributed by atoms with Gasteiger partial charge in [0.05, 0.1) is 0 Å². The van der Waals surface area contributed by atoms with Crippen molar-refractivity contribution in [2.75, 3.05) is 0 Å². The fraction of sp³-hybridized carbons (Fsp3) is 0.421. The molecule has 2 atom stereocenters. The first-order chi connectivity index (χ1) is 10.3. The van der Waals surface area contributed by atoms with Crippen molar-refractivity contribution in [1.82, 2.24) is 4.98 Å². The quantitative estimate of drug-likeness (QED) is 0.933. The lowest BCUT2D eigenvalue weighted by Crippen LogP contribution is -2.36. The predicted molar refractivity (Wildman–Crippen MR) is 87.3 cm³/mol. The minimum absolute atomic E-state index is 0.207.